The largest absolute Gasteiger partial charge is 0.499 e. The van der Waals surface area contributed by atoms with Crippen molar-refractivity contribution >= 4 is 23.9 Å². The van der Waals surface area contributed by atoms with Crippen LogP contribution in [0.25, 0.3) is 6.08 Å². The molecule has 0 bridgehead atoms. The minimum atomic E-state index is -1.27. The van der Waals surface area contributed by atoms with Crippen molar-refractivity contribution in [1.29, 1.82) is 0 Å². The zero-order valence-corrected chi connectivity index (χ0v) is 27.8. The Morgan fingerprint density at radius 1 is 1.02 bits per heavy atom. The summed E-state index contributed by atoms with van der Waals surface area (Å²) in [5.74, 6) is -2.72. The zero-order chi connectivity index (χ0) is 34.2. The van der Waals surface area contributed by atoms with Gasteiger partial charge in [-0.15, -0.1) is 0 Å². The zero-order valence-electron chi connectivity index (χ0n) is 27.8. The highest BCUT2D eigenvalue weighted by Crippen LogP contribution is 2.43. The molecule has 12 nitrogen and oxygen atoms in total. The maximum atomic E-state index is 13.5. The van der Waals surface area contributed by atoms with Crippen LogP contribution < -0.4 is 10.6 Å². The van der Waals surface area contributed by atoms with Crippen molar-refractivity contribution in [2.45, 2.75) is 115 Å². The average molecular weight is 661 g/mol. The number of nitrogens with one attached hydrogen (secondary N) is 2. The van der Waals surface area contributed by atoms with E-state index in [0.29, 0.717) is 18.4 Å². The molecular weight excluding hydrogens is 608 g/mol. The van der Waals surface area contributed by atoms with Crippen LogP contribution in [-0.2, 0) is 28.5 Å². The van der Waals surface area contributed by atoms with Crippen LogP contribution in [0.3, 0.4) is 0 Å². The van der Waals surface area contributed by atoms with Gasteiger partial charge in [0.15, 0.2) is 5.79 Å². The highest BCUT2D eigenvalue weighted by Gasteiger charge is 2.52. The van der Waals surface area contributed by atoms with Crippen LogP contribution in [0.2, 0.25) is 0 Å². The van der Waals surface area contributed by atoms with Crippen LogP contribution in [0.5, 0.6) is 0 Å². The van der Waals surface area contributed by atoms with E-state index in [1.807, 2.05) is 0 Å². The summed E-state index contributed by atoms with van der Waals surface area (Å²) in [6.45, 7) is 5.41. The number of rotatable bonds is 20. The fourth-order valence-corrected chi connectivity index (χ4v) is 5.71. The molecule has 1 saturated heterocycles. The van der Waals surface area contributed by atoms with E-state index in [-0.39, 0.29) is 38.4 Å². The molecule has 5 atom stereocenters. The SMILES string of the molecule is CCCCCC1(CCCCC)O[C@@H]2[C@@H](C=C(C(=O)N[C@@H](C(=O)NCCO)[C@H](C)O)C[C@H]2OC(=O)c2ccc(C=COCCO)cc2)O1. The van der Waals surface area contributed by atoms with Crippen molar-refractivity contribution in [3.8, 4) is 0 Å². The number of amides is 2. The third-order valence-electron chi connectivity index (χ3n) is 8.23. The minimum Gasteiger partial charge on any atom is -0.499 e. The standard InChI is InChI=1S/C35H52N2O10/c1-4-6-8-15-35(16-9-7-5-2)46-29-23-27(32(41)37-30(24(3)40)33(42)36-17-18-38)22-28(31(29)47-35)45-34(43)26-12-10-25(11-13-26)14-20-44-21-19-39/h10-14,20,23-24,28-31,38-40H,4-9,15-19,21-22H2,1-3H3,(H,36,42)(H,37,41)/t24-,28+,29+,30+,31-/m0/s1. The Balaban J connectivity index is 1.86. The van der Waals surface area contributed by atoms with E-state index in [2.05, 4.69) is 24.5 Å². The van der Waals surface area contributed by atoms with Gasteiger partial charge in [0.1, 0.15) is 31.0 Å². The van der Waals surface area contributed by atoms with Crippen molar-refractivity contribution in [2.24, 2.45) is 0 Å². The first kappa shape index (κ1) is 38.2. The topological polar surface area (TPSA) is 173 Å². The molecule has 5 N–H and O–H groups in total. The van der Waals surface area contributed by atoms with Crippen LogP contribution in [0.1, 0.15) is 94.5 Å². The number of esters is 1. The Labute approximate surface area is 277 Å². The molecular formula is C35H52N2O10. The number of carbonyl (C=O) groups is 3. The fourth-order valence-electron chi connectivity index (χ4n) is 5.71. The summed E-state index contributed by atoms with van der Waals surface area (Å²) < 4.78 is 24.4. The number of aliphatic hydroxyl groups is 3. The van der Waals surface area contributed by atoms with Crippen LogP contribution in [0.4, 0.5) is 0 Å². The number of hydrogen-bond acceptors (Lipinski definition) is 10. The van der Waals surface area contributed by atoms with Gasteiger partial charge in [0, 0.05) is 31.4 Å². The molecule has 0 saturated carbocycles. The number of unbranched alkanes of at least 4 members (excludes halogenated alkanes) is 4. The van der Waals surface area contributed by atoms with Crippen LogP contribution in [0, 0.1) is 0 Å². The maximum Gasteiger partial charge on any atom is 0.338 e. The molecule has 3 rings (SSSR count). The molecule has 0 radical (unpaired) electrons. The van der Waals surface area contributed by atoms with E-state index in [4.69, 9.17) is 29.2 Å². The number of benzene rings is 1. The van der Waals surface area contributed by atoms with Gasteiger partial charge in [0.05, 0.1) is 31.1 Å². The Bertz CT molecular complexity index is 1190. The van der Waals surface area contributed by atoms with Crippen molar-refractivity contribution in [3.63, 3.8) is 0 Å². The van der Waals surface area contributed by atoms with Crippen LogP contribution in [-0.4, -0.2) is 95.7 Å². The highest BCUT2D eigenvalue weighted by molar-refractivity contribution is 5.97. The summed E-state index contributed by atoms with van der Waals surface area (Å²) in [5.41, 5.74) is 1.34. The Hall–Kier alpha value is -3.29. The molecule has 1 fully saturated rings. The van der Waals surface area contributed by atoms with E-state index in [1.165, 1.54) is 13.2 Å². The van der Waals surface area contributed by atoms with Gasteiger partial charge in [-0.1, -0.05) is 51.7 Å². The molecule has 0 unspecified atom stereocenters. The lowest BCUT2D eigenvalue weighted by Gasteiger charge is -2.31. The molecule has 1 heterocycles. The van der Waals surface area contributed by atoms with E-state index in [9.17, 15) is 19.5 Å². The highest BCUT2D eigenvalue weighted by atomic mass is 16.8. The average Bonchev–Trinajstić information content (AvgIpc) is 3.43. The summed E-state index contributed by atoms with van der Waals surface area (Å²) in [6.07, 6.45) is 8.67. The van der Waals surface area contributed by atoms with Crippen molar-refractivity contribution in [2.75, 3.05) is 26.4 Å². The van der Waals surface area contributed by atoms with E-state index in [1.54, 1.807) is 36.4 Å². The molecule has 0 aromatic heterocycles. The third-order valence-corrected chi connectivity index (χ3v) is 8.23. The number of hydrogen-bond donors (Lipinski definition) is 5. The number of fused-ring (bicyclic) bond motifs is 1. The lowest BCUT2D eigenvalue weighted by molar-refractivity contribution is -0.190. The molecule has 2 amide bonds. The molecule has 1 aromatic carbocycles. The lowest BCUT2D eigenvalue weighted by Crippen LogP contribution is -2.54. The second kappa shape index (κ2) is 19.5. The number of ether oxygens (including phenoxy) is 4. The Kier molecular flexibility index (Phi) is 15.8. The molecule has 1 aromatic rings. The van der Waals surface area contributed by atoms with Gasteiger partial charge in [-0.3, -0.25) is 9.59 Å². The molecule has 1 aliphatic carbocycles. The molecule has 2 aliphatic rings. The smallest absolute Gasteiger partial charge is 0.338 e. The number of carbonyl (C=O) groups excluding carboxylic acids is 3. The second-order valence-electron chi connectivity index (χ2n) is 12.1. The first-order valence-electron chi connectivity index (χ1n) is 16.8. The Morgan fingerprint density at radius 2 is 1.70 bits per heavy atom. The monoisotopic (exact) mass is 660 g/mol. The molecule has 262 valence electrons. The molecule has 0 spiro atoms. The van der Waals surface area contributed by atoms with Crippen molar-refractivity contribution < 1.29 is 48.7 Å². The van der Waals surface area contributed by atoms with Crippen LogP contribution >= 0.6 is 0 Å². The first-order chi connectivity index (χ1) is 22.7. The van der Waals surface area contributed by atoms with Gasteiger partial charge in [-0.05, 0) is 49.6 Å². The fraction of sp³-hybridized carbons (Fsp3) is 0.629. The quantitative estimate of drug-likeness (QED) is 0.0795. The van der Waals surface area contributed by atoms with Gasteiger partial charge in [0.25, 0.3) is 0 Å². The molecule has 12 heteroatoms. The summed E-state index contributed by atoms with van der Waals surface area (Å²) in [6, 6.07) is 5.46. The second-order valence-corrected chi connectivity index (χ2v) is 12.1. The van der Waals surface area contributed by atoms with Gasteiger partial charge < -0.3 is 44.9 Å². The van der Waals surface area contributed by atoms with Crippen molar-refractivity contribution in [1.82, 2.24) is 10.6 Å². The van der Waals surface area contributed by atoms with Crippen molar-refractivity contribution in [3.05, 3.63) is 53.3 Å². The predicted octanol–water partition coefficient (Wildman–Crippen LogP) is 3.14. The van der Waals surface area contributed by atoms with Gasteiger partial charge in [0.2, 0.25) is 11.8 Å². The lowest BCUT2D eigenvalue weighted by atomic mass is 9.91. The predicted molar refractivity (Wildman–Crippen MR) is 175 cm³/mol. The first-order valence-corrected chi connectivity index (χ1v) is 16.8. The van der Waals surface area contributed by atoms with E-state index < -0.39 is 54.0 Å². The summed E-state index contributed by atoms with van der Waals surface area (Å²) >= 11 is 0. The Morgan fingerprint density at radius 3 is 2.30 bits per heavy atom. The van der Waals surface area contributed by atoms with Crippen LogP contribution in [0.15, 0.2) is 42.2 Å². The third kappa shape index (κ3) is 11.4. The maximum absolute atomic E-state index is 13.5. The normalized spacial score (nSPS) is 21.4. The molecule has 1 aliphatic heterocycles. The van der Waals surface area contributed by atoms with E-state index >= 15 is 0 Å². The van der Waals surface area contributed by atoms with Gasteiger partial charge in [-0.2, -0.15) is 0 Å². The summed E-state index contributed by atoms with van der Waals surface area (Å²) in [7, 11) is 0. The summed E-state index contributed by atoms with van der Waals surface area (Å²) in [4.78, 5) is 39.6. The van der Waals surface area contributed by atoms with E-state index in [0.717, 1.165) is 44.1 Å². The number of aliphatic hydroxyl groups excluding tert-OH is 3. The van der Waals surface area contributed by atoms with Gasteiger partial charge >= 0.3 is 5.97 Å². The molecule has 47 heavy (non-hydrogen) atoms. The minimum absolute atomic E-state index is 0.00983. The summed E-state index contributed by atoms with van der Waals surface area (Å²) in [5, 5.41) is 33.2. The van der Waals surface area contributed by atoms with Gasteiger partial charge in [-0.25, -0.2) is 4.79 Å².